The van der Waals surface area contributed by atoms with Gasteiger partial charge in [-0.1, -0.05) is 24.3 Å². The summed E-state index contributed by atoms with van der Waals surface area (Å²) in [4.78, 5) is 12.0. The van der Waals surface area contributed by atoms with Gasteiger partial charge in [-0.25, -0.2) is 0 Å². The van der Waals surface area contributed by atoms with E-state index >= 15 is 0 Å². The summed E-state index contributed by atoms with van der Waals surface area (Å²) in [5.74, 6) is 0.618. The second-order valence-corrected chi connectivity index (χ2v) is 5.40. The number of benzene rings is 2. The SMILES string of the molecule is COc1ccccc1/C=C/C(=O)Nc1ccc2c(c1)CCC2. The number of rotatable bonds is 4. The summed E-state index contributed by atoms with van der Waals surface area (Å²) in [5, 5.41) is 2.91. The van der Waals surface area contributed by atoms with Crippen molar-refractivity contribution in [2.45, 2.75) is 19.3 Å². The molecule has 1 aliphatic rings. The Bertz CT molecular complexity index is 719. The van der Waals surface area contributed by atoms with E-state index in [4.69, 9.17) is 4.74 Å². The van der Waals surface area contributed by atoms with Crippen LogP contribution in [-0.4, -0.2) is 13.0 Å². The molecule has 0 bridgehead atoms. The van der Waals surface area contributed by atoms with Gasteiger partial charge in [0.05, 0.1) is 7.11 Å². The van der Waals surface area contributed by atoms with E-state index < -0.39 is 0 Å². The van der Waals surface area contributed by atoms with Gasteiger partial charge in [0.15, 0.2) is 0 Å². The van der Waals surface area contributed by atoms with Crippen molar-refractivity contribution >= 4 is 17.7 Å². The number of aryl methyl sites for hydroxylation is 2. The molecule has 0 saturated heterocycles. The van der Waals surface area contributed by atoms with Crippen LogP contribution < -0.4 is 10.1 Å². The van der Waals surface area contributed by atoms with Crippen molar-refractivity contribution < 1.29 is 9.53 Å². The lowest BCUT2D eigenvalue weighted by Crippen LogP contribution is -2.08. The number of hydrogen-bond donors (Lipinski definition) is 1. The molecule has 0 aromatic heterocycles. The van der Waals surface area contributed by atoms with Crippen molar-refractivity contribution in [1.29, 1.82) is 0 Å². The molecule has 1 amide bonds. The quantitative estimate of drug-likeness (QED) is 0.870. The molecule has 3 heteroatoms. The van der Waals surface area contributed by atoms with E-state index in [0.29, 0.717) is 0 Å². The molecule has 1 N–H and O–H groups in total. The standard InChI is InChI=1S/C19H19NO2/c1-22-18-8-3-2-5-15(18)10-12-19(21)20-17-11-9-14-6-4-7-16(14)13-17/h2-3,5,8-13H,4,6-7H2,1H3,(H,20,21)/b12-10+. The van der Waals surface area contributed by atoms with Gasteiger partial charge < -0.3 is 10.1 Å². The summed E-state index contributed by atoms with van der Waals surface area (Å²) >= 11 is 0. The summed E-state index contributed by atoms with van der Waals surface area (Å²) in [7, 11) is 1.62. The highest BCUT2D eigenvalue weighted by atomic mass is 16.5. The minimum absolute atomic E-state index is 0.135. The van der Waals surface area contributed by atoms with E-state index in [1.807, 2.05) is 30.3 Å². The number of hydrogen-bond acceptors (Lipinski definition) is 2. The number of anilines is 1. The average molecular weight is 293 g/mol. The van der Waals surface area contributed by atoms with Crippen LogP contribution in [-0.2, 0) is 17.6 Å². The molecule has 0 atom stereocenters. The zero-order chi connectivity index (χ0) is 15.4. The molecule has 0 saturated carbocycles. The molecule has 2 aromatic carbocycles. The van der Waals surface area contributed by atoms with E-state index in [1.54, 1.807) is 13.2 Å². The monoisotopic (exact) mass is 293 g/mol. The first kappa shape index (κ1) is 14.4. The number of nitrogens with one attached hydrogen (secondary N) is 1. The third-order valence-electron chi connectivity index (χ3n) is 3.92. The van der Waals surface area contributed by atoms with Crippen LogP contribution in [0.15, 0.2) is 48.5 Å². The molecule has 0 fully saturated rings. The van der Waals surface area contributed by atoms with Gasteiger partial charge in [-0.2, -0.15) is 0 Å². The first-order valence-electron chi connectivity index (χ1n) is 7.50. The lowest BCUT2D eigenvalue weighted by molar-refractivity contribution is -0.111. The number of methoxy groups -OCH3 is 1. The van der Waals surface area contributed by atoms with Crippen LogP contribution in [0.4, 0.5) is 5.69 Å². The molecule has 2 aromatic rings. The summed E-state index contributed by atoms with van der Waals surface area (Å²) in [6, 6.07) is 13.8. The molecule has 22 heavy (non-hydrogen) atoms. The fourth-order valence-electron chi connectivity index (χ4n) is 2.80. The first-order valence-corrected chi connectivity index (χ1v) is 7.50. The molecule has 0 radical (unpaired) electrons. The highest BCUT2D eigenvalue weighted by Crippen LogP contribution is 2.25. The Morgan fingerprint density at radius 3 is 2.82 bits per heavy atom. The maximum absolute atomic E-state index is 12.0. The van der Waals surface area contributed by atoms with E-state index in [1.165, 1.54) is 23.6 Å². The Kier molecular flexibility index (Phi) is 4.24. The van der Waals surface area contributed by atoms with Gasteiger partial charge in [0.25, 0.3) is 0 Å². The molecule has 0 spiro atoms. The molecular formula is C19H19NO2. The van der Waals surface area contributed by atoms with E-state index in [-0.39, 0.29) is 5.91 Å². The summed E-state index contributed by atoms with van der Waals surface area (Å²) in [5.41, 5.74) is 4.50. The molecule has 0 aliphatic heterocycles. The van der Waals surface area contributed by atoms with Crippen LogP contribution in [0.25, 0.3) is 6.08 Å². The Hall–Kier alpha value is -2.55. The topological polar surface area (TPSA) is 38.3 Å². The van der Waals surface area contributed by atoms with Crippen LogP contribution in [0.1, 0.15) is 23.1 Å². The van der Waals surface area contributed by atoms with Crippen molar-refractivity contribution in [2.24, 2.45) is 0 Å². The van der Waals surface area contributed by atoms with Crippen molar-refractivity contribution in [1.82, 2.24) is 0 Å². The molecule has 3 nitrogen and oxygen atoms in total. The van der Waals surface area contributed by atoms with Gasteiger partial charge in [0.1, 0.15) is 5.75 Å². The number of carbonyl (C=O) groups is 1. The Balaban J connectivity index is 1.68. The highest BCUT2D eigenvalue weighted by molar-refractivity contribution is 6.02. The van der Waals surface area contributed by atoms with Crippen molar-refractivity contribution in [3.63, 3.8) is 0 Å². The molecule has 3 rings (SSSR count). The first-order chi connectivity index (χ1) is 10.8. The molecule has 112 valence electrons. The highest BCUT2D eigenvalue weighted by Gasteiger charge is 2.11. The van der Waals surface area contributed by atoms with Crippen molar-refractivity contribution in [3.8, 4) is 5.75 Å². The number of carbonyl (C=O) groups excluding carboxylic acids is 1. The van der Waals surface area contributed by atoms with E-state index in [9.17, 15) is 4.79 Å². The second kappa shape index (κ2) is 6.48. The van der Waals surface area contributed by atoms with Crippen LogP contribution in [0.5, 0.6) is 5.75 Å². The predicted molar refractivity (Wildman–Crippen MR) is 89.1 cm³/mol. The van der Waals surface area contributed by atoms with E-state index in [0.717, 1.165) is 29.8 Å². The zero-order valence-electron chi connectivity index (χ0n) is 12.6. The van der Waals surface area contributed by atoms with Gasteiger partial charge in [-0.15, -0.1) is 0 Å². The van der Waals surface area contributed by atoms with Gasteiger partial charge >= 0.3 is 0 Å². The summed E-state index contributed by atoms with van der Waals surface area (Å²) in [6.07, 6.45) is 6.76. The molecule has 0 heterocycles. The fraction of sp³-hybridized carbons (Fsp3) is 0.211. The van der Waals surface area contributed by atoms with Crippen LogP contribution in [0.2, 0.25) is 0 Å². The summed E-state index contributed by atoms with van der Waals surface area (Å²) in [6.45, 7) is 0. The Morgan fingerprint density at radius 2 is 1.95 bits per heavy atom. The van der Waals surface area contributed by atoms with Gasteiger partial charge in [0, 0.05) is 17.3 Å². The maximum Gasteiger partial charge on any atom is 0.248 e. The smallest absolute Gasteiger partial charge is 0.248 e. The van der Waals surface area contributed by atoms with Gasteiger partial charge in [0.2, 0.25) is 5.91 Å². The fourth-order valence-corrected chi connectivity index (χ4v) is 2.80. The van der Waals surface area contributed by atoms with Crippen LogP contribution in [0.3, 0.4) is 0 Å². The number of para-hydroxylation sites is 1. The lowest BCUT2D eigenvalue weighted by Gasteiger charge is -2.06. The van der Waals surface area contributed by atoms with Gasteiger partial charge in [-0.3, -0.25) is 4.79 Å². The normalized spacial score (nSPS) is 13.1. The minimum Gasteiger partial charge on any atom is -0.496 e. The lowest BCUT2D eigenvalue weighted by atomic mass is 10.1. The van der Waals surface area contributed by atoms with Crippen LogP contribution in [0, 0.1) is 0 Å². The number of ether oxygens (including phenoxy) is 1. The molecule has 1 aliphatic carbocycles. The molecular weight excluding hydrogens is 274 g/mol. The predicted octanol–water partition coefficient (Wildman–Crippen LogP) is 3.84. The largest absolute Gasteiger partial charge is 0.496 e. The van der Waals surface area contributed by atoms with Gasteiger partial charge in [-0.05, 0) is 54.7 Å². The zero-order valence-corrected chi connectivity index (χ0v) is 12.6. The molecule has 0 unspecified atom stereocenters. The second-order valence-electron chi connectivity index (χ2n) is 5.40. The number of amides is 1. The van der Waals surface area contributed by atoms with E-state index in [2.05, 4.69) is 17.4 Å². The third kappa shape index (κ3) is 3.19. The third-order valence-corrected chi connectivity index (χ3v) is 3.92. The maximum atomic E-state index is 12.0. The summed E-state index contributed by atoms with van der Waals surface area (Å²) < 4.78 is 5.26. The van der Waals surface area contributed by atoms with Crippen LogP contribution >= 0.6 is 0 Å². The Labute approximate surface area is 130 Å². The minimum atomic E-state index is -0.135. The average Bonchev–Trinajstić information content (AvgIpc) is 3.01. The Morgan fingerprint density at radius 1 is 1.14 bits per heavy atom. The van der Waals surface area contributed by atoms with Crippen molar-refractivity contribution in [2.75, 3.05) is 12.4 Å². The van der Waals surface area contributed by atoms with Crippen molar-refractivity contribution in [3.05, 3.63) is 65.2 Å². The number of fused-ring (bicyclic) bond motifs is 1.